The molecule has 4 nitrogen and oxygen atoms in total. The second-order valence-corrected chi connectivity index (χ2v) is 4.72. The van der Waals surface area contributed by atoms with Crippen LogP contribution in [0.15, 0.2) is 27.6 Å². The van der Waals surface area contributed by atoms with Crippen LogP contribution in [0.5, 0.6) is 5.75 Å². The number of hydrogen-bond donors (Lipinski definition) is 1. The first-order valence-corrected chi connectivity index (χ1v) is 6.09. The van der Waals surface area contributed by atoms with Gasteiger partial charge in [0.05, 0.1) is 11.1 Å². The number of hydrogen-bond acceptors (Lipinski definition) is 3. The second-order valence-electron chi connectivity index (χ2n) is 2.48. The van der Waals surface area contributed by atoms with Crippen molar-refractivity contribution in [3.8, 4) is 5.75 Å². The fraction of sp³-hybridized carbons (Fsp3) is 0.250. The van der Waals surface area contributed by atoms with Crippen molar-refractivity contribution in [3.63, 3.8) is 0 Å². The van der Waals surface area contributed by atoms with E-state index in [0.29, 0.717) is 11.1 Å². The molecule has 6 heteroatoms. The zero-order chi connectivity index (χ0) is 10.8. The van der Waals surface area contributed by atoms with Crippen LogP contribution in [0.3, 0.4) is 0 Å². The zero-order valence-corrected chi connectivity index (χ0v) is 9.80. The largest absolute Gasteiger partial charge is 0.491 e. The molecule has 0 aliphatic carbocycles. The number of ether oxygens (including phenoxy) is 1. The predicted octanol–water partition coefficient (Wildman–Crippen LogP) is 2.09. The normalized spacial score (nSPS) is 11.4. The summed E-state index contributed by atoms with van der Waals surface area (Å²) in [6.45, 7) is 2.05. The number of rotatable bonds is 3. The maximum atomic E-state index is 10.9. The SMILES string of the molecule is CCOc1c(Br)cccc1S(=O)(=O)O. The summed E-state index contributed by atoms with van der Waals surface area (Å²) in [5.74, 6) is 0.137. The van der Waals surface area contributed by atoms with Crippen LogP contribution in [0, 0.1) is 0 Å². The predicted molar refractivity (Wildman–Crippen MR) is 55.1 cm³/mol. The molecule has 1 rings (SSSR count). The van der Waals surface area contributed by atoms with E-state index in [9.17, 15) is 8.42 Å². The summed E-state index contributed by atoms with van der Waals surface area (Å²) < 4.78 is 36.4. The Bertz CT molecular complexity index is 427. The topological polar surface area (TPSA) is 63.6 Å². The molecule has 0 aliphatic heterocycles. The van der Waals surface area contributed by atoms with Gasteiger partial charge in [0, 0.05) is 0 Å². The van der Waals surface area contributed by atoms with Crippen molar-refractivity contribution >= 4 is 26.0 Å². The van der Waals surface area contributed by atoms with Gasteiger partial charge in [-0.15, -0.1) is 0 Å². The van der Waals surface area contributed by atoms with Crippen LogP contribution in [0.1, 0.15) is 6.92 Å². The van der Waals surface area contributed by atoms with Gasteiger partial charge in [-0.2, -0.15) is 8.42 Å². The Balaban J connectivity index is 3.36. The first-order valence-electron chi connectivity index (χ1n) is 3.85. The summed E-state index contributed by atoms with van der Waals surface area (Å²) in [5.41, 5.74) is 0. The zero-order valence-electron chi connectivity index (χ0n) is 7.40. The monoisotopic (exact) mass is 280 g/mol. The molecule has 0 spiro atoms. The van der Waals surface area contributed by atoms with E-state index in [1.54, 1.807) is 13.0 Å². The van der Waals surface area contributed by atoms with E-state index in [2.05, 4.69) is 15.9 Å². The molecule has 0 unspecified atom stereocenters. The molecule has 0 aliphatic rings. The van der Waals surface area contributed by atoms with E-state index in [0.717, 1.165) is 0 Å². The summed E-state index contributed by atoms with van der Waals surface area (Å²) in [6, 6.07) is 4.43. The fourth-order valence-electron chi connectivity index (χ4n) is 0.977. The average Bonchev–Trinajstić information content (AvgIpc) is 2.07. The summed E-state index contributed by atoms with van der Waals surface area (Å²) >= 11 is 3.14. The third-order valence-electron chi connectivity index (χ3n) is 1.50. The Morgan fingerprint density at radius 2 is 2.14 bits per heavy atom. The minimum Gasteiger partial charge on any atom is -0.491 e. The number of benzene rings is 1. The van der Waals surface area contributed by atoms with E-state index in [4.69, 9.17) is 9.29 Å². The highest BCUT2D eigenvalue weighted by Crippen LogP contribution is 2.31. The van der Waals surface area contributed by atoms with Gasteiger partial charge in [0.25, 0.3) is 10.1 Å². The van der Waals surface area contributed by atoms with Crippen molar-refractivity contribution in [2.45, 2.75) is 11.8 Å². The van der Waals surface area contributed by atoms with Gasteiger partial charge in [-0.05, 0) is 35.0 Å². The Kier molecular flexibility index (Phi) is 3.52. The molecule has 0 aromatic heterocycles. The van der Waals surface area contributed by atoms with E-state index >= 15 is 0 Å². The molecule has 78 valence electrons. The molecule has 0 radical (unpaired) electrons. The molecule has 0 bridgehead atoms. The Hall–Kier alpha value is -0.590. The first kappa shape index (κ1) is 11.5. The summed E-state index contributed by atoms with van der Waals surface area (Å²) in [4.78, 5) is -0.228. The lowest BCUT2D eigenvalue weighted by atomic mass is 10.3. The molecule has 0 heterocycles. The van der Waals surface area contributed by atoms with Gasteiger partial charge in [0.15, 0.2) is 5.75 Å². The van der Waals surface area contributed by atoms with Crippen LogP contribution in [0.4, 0.5) is 0 Å². The average molecular weight is 281 g/mol. The molecule has 14 heavy (non-hydrogen) atoms. The van der Waals surface area contributed by atoms with Crippen LogP contribution in [-0.4, -0.2) is 19.6 Å². The summed E-state index contributed by atoms with van der Waals surface area (Å²) in [7, 11) is -4.23. The lowest BCUT2D eigenvalue weighted by Gasteiger charge is -2.09. The van der Waals surface area contributed by atoms with Gasteiger partial charge in [0.2, 0.25) is 0 Å². The highest BCUT2D eigenvalue weighted by Gasteiger charge is 2.18. The fourth-order valence-corrected chi connectivity index (χ4v) is 2.24. The second kappa shape index (κ2) is 4.29. The molecule has 1 aromatic carbocycles. The van der Waals surface area contributed by atoms with Crippen LogP contribution in [-0.2, 0) is 10.1 Å². The minimum absolute atomic E-state index is 0.137. The van der Waals surface area contributed by atoms with E-state index < -0.39 is 10.1 Å². The van der Waals surface area contributed by atoms with Crippen LogP contribution < -0.4 is 4.74 Å². The van der Waals surface area contributed by atoms with Gasteiger partial charge in [0.1, 0.15) is 4.90 Å². The highest BCUT2D eigenvalue weighted by atomic mass is 79.9. The van der Waals surface area contributed by atoms with Gasteiger partial charge in [-0.1, -0.05) is 6.07 Å². The summed E-state index contributed by atoms with van der Waals surface area (Å²) in [5, 5.41) is 0. The molecular weight excluding hydrogens is 272 g/mol. The van der Waals surface area contributed by atoms with Gasteiger partial charge in [-0.3, -0.25) is 4.55 Å². The molecule has 0 amide bonds. The molecule has 1 N–H and O–H groups in total. The van der Waals surface area contributed by atoms with E-state index in [-0.39, 0.29) is 10.6 Å². The lowest BCUT2D eigenvalue weighted by Crippen LogP contribution is -2.03. The highest BCUT2D eigenvalue weighted by molar-refractivity contribution is 9.10. The van der Waals surface area contributed by atoms with Crippen molar-refractivity contribution in [1.29, 1.82) is 0 Å². The molecule has 1 aromatic rings. The minimum atomic E-state index is -4.23. The molecule has 0 fully saturated rings. The quantitative estimate of drug-likeness (QED) is 0.862. The van der Waals surface area contributed by atoms with Crippen molar-refractivity contribution in [3.05, 3.63) is 22.7 Å². The van der Waals surface area contributed by atoms with Crippen LogP contribution >= 0.6 is 15.9 Å². The smallest absolute Gasteiger partial charge is 0.298 e. The standard InChI is InChI=1S/C8H9BrO4S/c1-2-13-8-6(9)4-3-5-7(8)14(10,11)12/h3-5H,2H2,1H3,(H,10,11,12). The third-order valence-corrected chi connectivity index (χ3v) is 3.00. The first-order chi connectivity index (χ1) is 6.46. The van der Waals surface area contributed by atoms with Gasteiger partial charge in [-0.25, -0.2) is 0 Å². The number of para-hydroxylation sites is 1. The van der Waals surface area contributed by atoms with Crippen molar-refractivity contribution in [1.82, 2.24) is 0 Å². The van der Waals surface area contributed by atoms with Crippen molar-refractivity contribution < 1.29 is 17.7 Å². The van der Waals surface area contributed by atoms with Crippen molar-refractivity contribution in [2.24, 2.45) is 0 Å². The summed E-state index contributed by atoms with van der Waals surface area (Å²) in [6.07, 6.45) is 0. The molecule has 0 atom stereocenters. The molecule has 0 saturated carbocycles. The van der Waals surface area contributed by atoms with E-state index in [1.807, 2.05) is 0 Å². The van der Waals surface area contributed by atoms with Gasteiger partial charge >= 0.3 is 0 Å². The Morgan fingerprint density at radius 3 is 2.64 bits per heavy atom. The molecule has 0 saturated heterocycles. The number of halogens is 1. The maximum absolute atomic E-state index is 10.9. The third kappa shape index (κ3) is 2.46. The van der Waals surface area contributed by atoms with Crippen molar-refractivity contribution in [2.75, 3.05) is 6.61 Å². The Morgan fingerprint density at radius 1 is 1.50 bits per heavy atom. The van der Waals surface area contributed by atoms with Crippen LogP contribution in [0.2, 0.25) is 0 Å². The molecular formula is C8H9BrO4S. The Labute approximate surface area is 90.8 Å². The van der Waals surface area contributed by atoms with Crippen LogP contribution in [0.25, 0.3) is 0 Å². The van der Waals surface area contributed by atoms with Gasteiger partial charge < -0.3 is 4.74 Å². The van der Waals surface area contributed by atoms with E-state index in [1.165, 1.54) is 12.1 Å². The lowest BCUT2D eigenvalue weighted by molar-refractivity contribution is 0.327. The maximum Gasteiger partial charge on any atom is 0.298 e.